The molecule has 15 heavy (non-hydrogen) atoms. The summed E-state index contributed by atoms with van der Waals surface area (Å²) in [6.45, 7) is 1.77. The third kappa shape index (κ3) is 2.43. The highest BCUT2D eigenvalue weighted by atomic mass is 16.5. The summed E-state index contributed by atoms with van der Waals surface area (Å²) in [4.78, 5) is 8.08. The van der Waals surface area contributed by atoms with Crippen molar-refractivity contribution in [1.29, 1.82) is 0 Å². The lowest BCUT2D eigenvalue weighted by molar-refractivity contribution is 0.460. The van der Waals surface area contributed by atoms with E-state index in [-0.39, 0.29) is 0 Å². The van der Waals surface area contributed by atoms with Gasteiger partial charge in [0, 0.05) is 6.07 Å². The lowest BCUT2D eigenvalue weighted by Gasteiger charge is -2.05. The number of aryl methyl sites for hydroxylation is 1. The summed E-state index contributed by atoms with van der Waals surface area (Å²) >= 11 is 0. The van der Waals surface area contributed by atoms with Crippen LogP contribution >= 0.6 is 0 Å². The SMILES string of the molecule is Cc1nc(N)cc(Oc2ccccc2)n1. The zero-order valence-electron chi connectivity index (χ0n) is 8.34. The molecule has 1 aromatic carbocycles. The van der Waals surface area contributed by atoms with Crippen molar-refractivity contribution in [3.63, 3.8) is 0 Å². The molecule has 0 fully saturated rings. The monoisotopic (exact) mass is 201 g/mol. The van der Waals surface area contributed by atoms with E-state index in [2.05, 4.69) is 9.97 Å². The van der Waals surface area contributed by atoms with Gasteiger partial charge in [-0.15, -0.1) is 0 Å². The molecule has 0 bridgehead atoms. The van der Waals surface area contributed by atoms with Gasteiger partial charge in [-0.05, 0) is 19.1 Å². The zero-order valence-corrected chi connectivity index (χ0v) is 8.34. The maximum atomic E-state index is 5.58. The lowest BCUT2D eigenvalue weighted by atomic mass is 10.3. The van der Waals surface area contributed by atoms with E-state index in [0.29, 0.717) is 17.5 Å². The van der Waals surface area contributed by atoms with Crippen LogP contribution in [0.4, 0.5) is 5.82 Å². The molecular formula is C11H11N3O. The Morgan fingerprint density at radius 1 is 1.13 bits per heavy atom. The minimum Gasteiger partial charge on any atom is -0.439 e. The summed E-state index contributed by atoms with van der Waals surface area (Å²) in [5.74, 6) is 2.20. The molecule has 2 aromatic rings. The van der Waals surface area contributed by atoms with E-state index in [1.807, 2.05) is 30.3 Å². The standard InChI is InChI=1S/C11H11N3O/c1-8-13-10(12)7-11(14-8)15-9-5-3-2-4-6-9/h2-7H,1H3,(H2,12,13,14). The van der Waals surface area contributed by atoms with Crippen molar-refractivity contribution in [3.05, 3.63) is 42.2 Å². The minimum absolute atomic E-state index is 0.411. The summed E-state index contributed by atoms with van der Waals surface area (Å²) < 4.78 is 5.51. The molecule has 0 aliphatic heterocycles. The minimum atomic E-state index is 0.411. The van der Waals surface area contributed by atoms with Gasteiger partial charge in [0.1, 0.15) is 17.4 Å². The van der Waals surface area contributed by atoms with Crippen LogP contribution in [0.1, 0.15) is 5.82 Å². The number of hydrogen-bond donors (Lipinski definition) is 1. The molecule has 0 saturated carbocycles. The fourth-order valence-electron chi connectivity index (χ4n) is 1.22. The number of rotatable bonds is 2. The van der Waals surface area contributed by atoms with Crippen molar-refractivity contribution >= 4 is 5.82 Å². The Hall–Kier alpha value is -2.10. The third-order valence-electron chi connectivity index (χ3n) is 1.80. The number of ether oxygens (including phenoxy) is 1. The molecule has 0 unspecified atom stereocenters. The van der Waals surface area contributed by atoms with Crippen LogP contribution in [0.25, 0.3) is 0 Å². The van der Waals surface area contributed by atoms with Crippen LogP contribution in [0.3, 0.4) is 0 Å². The molecule has 76 valence electrons. The molecule has 1 heterocycles. The van der Waals surface area contributed by atoms with Gasteiger partial charge in [-0.1, -0.05) is 18.2 Å². The van der Waals surface area contributed by atoms with Crippen molar-refractivity contribution < 1.29 is 4.74 Å². The van der Waals surface area contributed by atoms with Gasteiger partial charge >= 0.3 is 0 Å². The number of anilines is 1. The van der Waals surface area contributed by atoms with Crippen LogP contribution in [-0.4, -0.2) is 9.97 Å². The second-order valence-electron chi connectivity index (χ2n) is 3.09. The van der Waals surface area contributed by atoms with Crippen LogP contribution in [-0.2, 0) is 0 Å². The summed E-state index contributed by atoms with van der Waals surface area (Å²) in [5.41, 5.74) is 5.58. The molecule has 0 radical (unpaired) electrons. The Bertz CT molecular complexity index is 436. The first-order valence-corrected chi connectivity index (χ1v) is 4.58. The van der Waals surface area contributed by atoms with Gasteiger partial charge in [0.15, 0.2) is 0 Å². The number of benzene rings is 1. The Balaban J connectivity index is 2.25. The van der Waals surface area contributed by atoms with Crippen molar-refractivity contribution in [1.82, 2.24) is 9.97 Å². The summed E-state index contributed by atoms with van der Waals surface area (Å²) in [6, 6.07) is 11.0. The van der Waals surface area contributed by atoms with Gasteiger partial charge in [-0.25, -0.2) is 4.98 Å². The highest BCUT2D eigenvalue weighted by molar-refractivity contribution is 5.35. The van der Waals surface area contributed by atoms with Crippen molar-refractivity contribution in [3.8, 4) is 11.6 Å². The highest BCUT2D eigenvalue weighted by Crippen LogP contribution is 2.19. The molecule has 0 aliphatic rings. The first kappa shape index (κ1) is 9.45. The molecule has 0 atom stereocenters. The van der Waals surface area contributed by atoms with E-state index in [1.165, 1.54) is 0 Å². The predicted molar refractivity (Wildman–Crippen MR) is 57.7 cm³/mol. The first-order chi connectivity index (χ1) is 7.24. The number of hydrogen-bond acceptors (Lipinski definition) is 4. The Morgan fingerprint density at radius 2 is 1.87 bits per heavy atom. The molecule has 1 aromatic heterocycles. The summed E-state index contributed by atoms with van der Waals surface area (Å²) in [6.07, 6.45) is 0. The molecule has 4 nitrogen and oxygen atoms in total. The molecule has 2 N–H and O–H groups in total. The highest BCUT2D eigenvalue weighted by Gasteiger charge is 2.01. The molecule has 4 heteroatoms. The molecular weight excluding hydrogens is 190 g/mol. The Labute approximate surface area is 87.7 Å². The van der Waals surface area contributed by atoms with E-state index in [0.717, 1.165) is 5.75 Å². The van der Waals surface area contributed by atoms with E-state index in [9.17, 15) is 0 Å². The predicted octanol–water partition coefficient (Wildman–Crippen LogP) is 2.16. The first-order valence-electron chi connectivity index (χ1n) is 4.58. The molecule has 0 aliphatic carbocycles. The summed E-state index contributed by atoms with van der Waals surface area (Å²) in [7, 11) is 0. The fraction of sp³-hybridized carbons (Fsp3) is 0.0909. The van der Waals surface area contributed by atoms with Gasteiger partial charge < -0.3 is 10.5 Å². The molecule has 0 amide bonds. The lowest BCUT2D eigenvalue weighted by Crippen LogP contribution is -1.97. The number of nitrogens with zero attached hydrogens (tertiary/aromatic N) is 2. The number of aromatic nitrogens is 2. The van der Waals surface area contributed by atoms with Gasteiger partial charge in [0.25, 0.3) is 0 Å². The summed E-state index contributed by atoms with van der Waals surface area (Å²) in [5, 5.41) is 0. The second kappa shape index (κ2) is 3.96. The molecule has 0 spiro atoms. The van der Waals surface area contributed by atoms with E-state index < -0.39 is 0 Å². The van der Waals surface area contributed by atoms with Crippen LogP contribution in [0.15, 0.2) is 36.4 Å². The van der Waals surface area contributed by atoms with Crippen LogP contribution in [0, 0.1) is 6.92 Å². The van der Waals surface area contributed by atoms with Gasteiger partial charge in [-0.2, -0.15) is 4.98 Å². The third-order valence-corrected chi connectivity index (χ3v) is 1.80. The maximum Gasteiger partial charge on any atom is 0.224 e. The van der Waals surface area contributed by atoms with Gasteiger partial charge in [0.2, 0.25) is 5.88 Å². The van der Waals surface area contributed by atoms with Crippen LogP contribution in [0.2, 0.25) is 0 Å². The fourth-order valence-corrected chi connectivity index (χ4v) is 1.22. The quantitative estimate of drug-likeness (QED) is 0.808. The zero-order chi connectivity index (χ0) is 10.7. The molecule has 2 rings (SSSR count). The van der Waals surface area contributed by atoms with Crippen LogP contribution < -0.4 is 10.5 Å². The number of nitrogen functional groups attached to an aromatic ring is 1. The smallest absolute Gasteiger partial charge is 0.224 e. The van der Waals surface area contributed by atoms with Crippen molar-refractivity contribution in [2.24, 2.45) is 0 Å². The largest absolute Gasteiger partial charge is 0.439 e. The number of nitrogens with two attached hydrogens (primary N) is 1. The number of para-hydroxylation sites is 1. The van der Waals surface area contributed by atoms with Gasteiger partial charge in [-0.3, -0.25) is 0 Å². The average Bonchev–Trinajstić information content (AvgIpc) is 2.17. The van der Waals surface area contributed by atoms with Gasteiger partial charge in [0.05, 0.1) is 0 Å². The second-order valence-corrected chi connectivity index (χ2v) is 3.09. The average molecular weight is 201 g/mol. The van der Waals surface area contributed by atoms with Crippen LogP contribution in [0.5, 0.6) is 11.6 Å². The Morgan fingerprint density at radius 3 is 2.53 bits per heavy atom. The van der Waals surface area contributed by atoms with E-state index in [1.54, 1.807) is 13.0 Å². The Kier molecular flexibility index (Phi) is 2.49. The normalized spacial score (nSPS) is 9.93. The van der Waals surface area contributed by atoms with E-state index >= 15 is 0 Å². The topological polar surface area (TPSA) is 61.0 Å². The van der Waals surface area contributed by atoms with Crippen molar-refractivity contribution in [2.45, 2.75) is 6.92 Å². The maximum absolute atomic E-state index is 5.58. The molecule has 0 saturated heterocycles. The van der Waals surface area contributed by atoms with E-state index in [4.69, 9.17) is 10.5 Å². The van der Waals surface area contributed by atoms with Crippen molar-refractivity contribution in [2.75, 3.05) is 5.73 Å².